The van der Waals surface area contributed by atoms with Crippen molar-refractivity contribution in [1.29, 1.82) is 0 Å². The van der Waals surface area contributed by atoms with Gasteiger partial charge in [0.15, 0.2) is 5.78 Å². The fraction of sp³-hybridized carbons (Fsp3) is 0.385. The summed E-state index contributed by atoms with van der Waals surface area (Å²) in [5.74, 6) is 0.000890. The van der Waals surface area contributed by atoms with Gasteiger partial charge >= 0.3 is 0 Å². The van der Waals surface area contributed by atoms with Gasteiger partial charge < -0.3 is 10.2 Å². The minimum atomic E-state index is -0.0312. The Balaban J connectivity index is 2.15. The molecule has 0 unspecified atom stereocenters. The number of benzene rings is 1. The molecule has 0 atom stereocenters. The smallest absolute Gasteiger partial charge is 0.255 e. The van der Waals surface area contributed by atoms with E-state index in [1.165, 1.54) is 0 Å². The molecule has 2 rings (SSSR count). The molecule has 0 radical (unpaired) electrons. The van der Waals surface area contributed by atoms with Crippen LogP contribution in [0.2, 0.25) is 0 Å². The summed E-state index contributed by atoms with van der Waals surface area (Å²) in [5.41, 5.74) is 1.09. The number of amides is 1. The van der Waals surface area contributed by atoms with Crippen molar-refractivity contribution in [3.05, 3.63) is 35.4 Å². The van der Waals surface area contributed by atoms with Crippen LogP contribution in [0, 0.1) is 0 Å². The van der Waals surface area contributed by atoms with Crippen LogP contribution < -0.4 is 5.32 Å². The molecule has 0 spiro atoms. The minimum absolute atomic E-state index is 0.0312. The molecule has 1 heterocycles. The molecule has 4 nitrogen and oxygen atoms in total. The maximum atomic E-state index is 12.1. The number of Topliss-reactive ketones (excluding diaryl/α,β-unsaturated/α-hetero) is 1. The second-order valence-corrected chi connectivity index (χ2v) is 4.15. The maximum absolute atomic E-state index is 12.1. The second kappa shape index (κ2) is 5.10. The van der Waals surface area contributed by atoms with Crippen LogP contribution in [0.3, 0.4) is 0 Å². The normalized spacial score (nSPS) is 15.0. The predicted molar refractivity (Wildman–Crippen MR) is 65.2 cm³/mol. The molecule has 0 aromatic heterocycles. The van der Waals surface area contributed by atoms with E-state index in [0.29, 0.717) is 17.7 Å². The van der Waals surface area contributed by atoms with E-state index >= 15 is 0 Å². The number of fused-ring (bicyclic) bond motifs is 1. The van der Waals surface area contributed by atoms with E-state index in [1.54, 1.807) is 29.2 Å². The molecule has 0 fully saturated rings. The van der Waals surface area contributed by atoms with Crippen LogP contribution in [0.5, 0.6) is 0 Å². The van der Waals surface area contributed by atoms with Crippen LogP contribution >= 0.6 is 0 Å². The highest BCUT2D eigenvalue weighted by Gasteiger charge is 2.28. The minimum Gasteiger partial charge on any atom is -0.331 e. The topological polar surface area (TPSA) is 49.4 Å². The Kier molecular flexibility index (Phi) is 3.54. The van der Waals surface area contributed by atoms with Crippen LogP contribution in [-0.2, 0) is 0 Å². The summed E-state index contributed by atoms with van der Waals surface area (Å²) in [6, 6.07) is 7.03. The van der Waals surface area contributed by atoms with Crippen molar-refractivity contribution in [2.24, 2.45) is 0 Å². The number of nitrogens with one attached hydrogen (secondary N) is 1. The first-order valence-electron chi connectivity index (χ1n) is 5.80. The van der Waals surface area contributed by atoms with Gasteiger partial charge in [-0.05, 0) is 26.1 Å². The third-order valence-corrected chi connectivity index (χ3v) is 2.93. The fourth-order valence-electron chi connectivity index (χ4n) is 2.04. The predicted octanol–water partition coefficient (Wildman–Crippen LogP) is 0.935. The fourth-order valence-corrected chi connectivity index (χ4v) is 2.04. The zero-order valence-electron chi connectivity index (χ0n) is 9.90. The molecule has 1 N–H and O–H groups in total. The van der Waals surface area contributed by atoms with Gasteiger partial charge in [-0.25, -0.2) is 0 Å². The molecule has 17 heavy (non-hydrogen) atoms. The molecule has 0 saturated heterocycles. The summed E-state index contributed by atoms with van der Waals surface area (Å²) in [7, 11) is 1.87. The van der Waals surface area contributed by atoms with Gasteiger partial charge in [0.1, 0.15) is 0 Å². The Hall–Kier alpha value is -1.68. The van der Waals surface area contributed by atoms with Gasteiger partial charge in [0, 0.05) is 12.1 Å². The van der Waals surface area contributed by atoms with E-state index < -0.39 is 0 Å². The summed E-state index contributed by atoms with van der Waals surface area (Å²) in [5, 5.41) is 3.03. The maximum Gasteiger partial charge on any atom is 0.255 e. The van der Waals surface area contributed by atoms with Gasteiger partial charge in [-0.3, -0.25) is 9.59 Å². The summed E-state index contributed by atoms with van der Waals surface area (Å²) in [4.78, 5) is 25.6. The number of hydrogen-bond donors (Lipinski definition) is 1. The monoisotopic (exact) mass is 232 g/mol. The van der Waals surface area contributed by atoms with Crippen molar-refractivity contribution in [2.45, 2.75) is 6.42 Å². The van der Waals surface area contributed by atoms with Gasteiger partial charge in [0.05, 0.1) is 12.1 Å². The second-order valence-electron chi connectivity index (χ2n) is 4.15. The average molecular weight is 232 g/mol. The number of carbonyl (C=O) groups is 2. The first-order valence-corrected chi connectivity index (χ1v) is 5.80. The van der Waals surface area contributed by atoms with E-state index in [0.717, 1.165) is 13.0 Å². The molecule has 1 aliphatic rings. The van der Waals surface area contributed by atoms with Gasteiger partial charge in [-0.1, -0.05) is 18.2 Å². The number of nitrogens with zero attached hydrogens (tertiary/aromatic N) is 1. The van der Waals surface area contributed by atoms with Crippen LogP contribution in [0.4, 0.5) is 0 Å². The molecule has 0 aliphatic carbocycles. The van der Waals surface area contributed by atoms with Crippen molar-refractivity contribution < 1.29 is 9.59 Å². The first kappa shape index (κ1) is 11.8. The van der Waals surface area contributed by atoms with E-state index in [2.05, 4.69) is 5.32 Å². The van der Waals surface area contributed by atoms with Gasteiger partial charge in [-0.15, -0.1) is 0 Å². The summed E-state index contributed by atoms with van der Waals surface area (Å²) in [6.07, 6.45) is 0.859. The van der Waals surface area contributed by atoms with Crippen molar-refractivity contribution in [2.75, 3.05) is 26.7 Å². The zero-order valence-corrected chi connectivity index (χ0v) is 9.90. The van der Waals surface area contributed by atoms with Gasteiger partial charge in [-0.2, -0.15) is 0 Å². The lowest BCUT2D eigenvalue weighted by Crippen LogP contribution is -2.42. The third-order valence-electron chi connectivity index (χ3n) is 2.93. The third kappa shape index (κ3) is 2.36. The Bertz CT molecular complexity index is 443. The van der Waals surface area contributed by atoms with Gasteiger partial charge in [0.2, 0.25) is 0 Å². The Morgan fingerprint density at radius 1 is 1.24 bits per heavy atom. The number of carbonyl (C=O) groups excluding carboxylic acids is 2. The van der Waals surface area contributed by atoms with Crippen LogP contribution in [0.15, 0.2) is 24.3 Å². The van der Waals surface area contributed by atoms with Crippen molar-refractivity contribution in [3.8, 4) is 0 Å². The van der Waals surface area contributed by atoms with E-state index in [1.807, 2.05) is 7.05 Å². The average Bonchev–Trinajstić information content (AvgIpc) is 2.36. The van der Waals surface area contributed by atoms with Crippen molar-refractivity contribution >= 4 is 11.7 Å². The summed E-state index contributed by atoms with van der Waals surface area (Å²) >= 11 is 0. The van der Waals surface area contributed by atoms with Crippen LogP contribution in [0.25, 0.3) is 0 Å². The summed E-state index contributed by atoms with van der Waals surface area (Å²) in [6.45, 7) is 1.68. The van der Waals surface area contributed by atoms with Crippen LogP contribution in [-0.4, -0.2) is 43.3 Å². The van der Waals surface area contributed by atoms with Gasteiger partial charge in [0.25, 0.3) is 5.91 Å². The molecular formula is C13H16N2O2. The van der Waals surface area contributed by atoms with E-state index in [9.17, 15) is 9.59 Å². The Morgan fingerprint density at radius 2 is 1.94 bits per heavy atom. The Morgan fingerprint density at radius 3 is 2.65 bits per heavy atom. The van der Waals surface area contributed by atoms with E-state index in [4.69, 9.17) is 0 Å². The lowest BCUT2D eigenvalue weighted by molar-refractivity contribution is 0.0679. The van der Waals surface area contributed by atoms with Crippen molar-refractivity contribution in [1.82, 2.24) is 10.2 Å². The lowest BCUT2D eigenvalue weighted by Gasteiger charge is -2.27. The first-order chi connectivity index (χ1) is 8.24. The molecule has 0 bridgehead atoms. The molecule has 1 aromatic rings. The molecule has 0 saturated carbocycles. The Labute approximate surface area is 101 Å². The highest BCUT2D eigenvalue weighted by atomic mass is 16.2. The molecule has 1 aliphatic heterocycles. The highest BCUT2D eigenvalue weighted by Crippen LogP contribution is 2.18. The lowest BCUT2D eigenvalue weighted by atomic mass is 9.98. The van der Waals surface area contributed by atoms with Crippen molar-refractivity contribution in [3.63, 3.8) is 0 Å². The molecular weight excluding hydrogens is 216 g/mol. The standard InChI is InChI=1S/C13H16N2O2/c1-14-7-4-8-15-9-12(16)10-5-2-3-6-11(10)13(15)17/h2-3,5-6,14H,4,7-9H2,1H3. The number of hydrogen-bond acceptors (Lipinski definition) is 3. The highest BCUT2D eigenvalue weighted by molar-refractivity contribution is 6.13. The van der Waals surface area contributed by atoms with E-state index in [-0.39, 0.29) is 18.2 Å². The van der Waals surface area contributed by atoms with Crippen LogP contribution in [0.1, 0.15) is 27.1 Å². The zero-order chi connectivity index (χ0) is 12.3. The molecule has 90 valence electrons. The molecule has 1 aromatic carbocycles. The quantitative estimate of drug-likeness (QED) is 0.786. The SMILES string of the molecule is CNCCCN1CC(=O)c2ccccc2C1=O. The molecule has 4 heteroatoms. The number of ketones is 1. The molecule has 1 amide bonds. The largest absolute Gasteiger partial charge is 0.331 e. The number of rotatable bonds is 4. The summed E-state index contributed by atoms with van der Waals surface area (Å²) < 4.78 is 0.